The number of aryl methyl sites for hydroxylation is 1. The first-order valence-corrected chi connectivity index (χ1v) is 9.33. The van der Waals surface area contributed by atoms with Gasteiger partial charge < -0.3 is 20.3 Å². The van der Waals surface area contributed by atoms with Gasteiger partial charge in [0.25, 0.3) is 0 Å². The molecule has 1 aromatic rings. The Balaban J connectivity index is 0.00000182. The van der Waals surface area contributed by atoms with Crippen molar-refractivity contribution >= 4 is 36.5 Å². The highest BCUT2D eigenvalue weighted by Crippen LogP contribution is 2.28. The van der Waals surface area contributed by atoms with E-state index in [1.807, 2.05) is 11.8 Å². The number of nitrogens with zero attached hydrogens (tertiary/aromatic N) is 4. The van der Waals surface area contributed by atoms with Gasteiger partial charge in [-0.2, -0.15) is 0 Å². The average Bonchev–Trinajstić information content (AvgIpc) is 2.66. The van der Waals surface area contributed by atoms with Crippen LogP contribution in [0.4, 0.5) is 5.82 Å². The van der Waals surface area contributed by atoms with Crippen LogP contribution in [0.25, 0.3) is 0 Å². The van der Waals surface area contributed by atoms with Crippen molar-refractivity contribution in [2.45, 2.75) is 38.5 Å². The molecule has 1 atom stereocenters. The molecule has 2 fully saturated rings. The van der Waals surface area contributed by atoms with Crippen LogP contribution in [0.15, 0.2) is 6.07 Å². The Labute approximate surface area is 173 Å². The number of halogens is 2. The fourth-order valence-electron chi connectivity index (χ4n) is 3.59. The average molecular weight is 420 g/mol. The van der Waals surface area contributed by atoms with E-state index in [9.17, 15) is 4.79 Å². The van der Waals surface area contributed by atoms with Crippen LogP contribution in [0.5, 0.6) is 0 Å². The monoisotopic (exact) mass is 419 g/mol. The molecule has 3 rings (SSSR count). The molecule has 2 aliphatic heterocycles. The van der Waals surface area contributed by atoms with Gasteiger partial charge in [0.2, 0.25) is 5.91 Å². The predicted octanol–water partition coefficient (Wildman–Crippen LogP) is 1.91. The van der Waals surface area contributed by atoms with Crippen molar-refractivity contribution in [3.8, 4) is 0 Å². The van der Waals surface area contributed by atoms with Gasteiger partial charge in [-0.05, 0) is 32.7 Å². The standard InChI is InChI=1S/C18H29N5O2.2ClH/c1-14-20-16(12-17(21-14)22-8-10-25-11-9-22)15-4-3-7-23(13-15)18(24)5-2-6-19;;/h12,15H,2-11,13,19H2,1H3;2*1H. The number of hydrogen-bond acceptors (Lipinski definition) is 6. The molecule has 0 aliphatic carbocycles. The Kier molecular flexibility index (Phi) is 10.3. The zero-order valence-corrected chi connectivity index (χ0v) is 17.6. The van der Waals surface area contributed by atoms with Gasteiger partial charge in [0.05, 0.1) is 18.9 Å². The van der Waals surface area contributed by atoms with Crippen LogP contribution in [-0.2, 0) is 9.53 Å². The van der Waals surface area contributed by atoms with Crippen molar-refractivity contribution in [2.24, 2.45) is 5.73 Å². The van der Waals surface area contributed by atoms with Crippen molar-refractivity contribution in [1.29, 1.82) is 0 Å². The summed E-state index contributed by atoms with van der Waals surface area (Å²) in [6.07, 6.45) is 3.40. The fraction of sp³-hybridized carbons (Fsp3) is 0.722. The van der Waals surface area contributed by atoms with Crippen molar-refractivity contribution in [3.05, 3.63) is 17.6 Å². The number of likely N-dealkylation sites (tertiary alicyclic amines) is 1. The molecule has 2 saturated heterocycles. The van der Waals surface area contributed by atoms with E-state index < -0.39 is 0 Å². The number of piperidine rings is 1. The minimum atomic E-state index is 0. The molecule has 0 saturated carbocycles. The first-order valence-electron chi connectivity index (χ1n) is 9.33. The van der Waals surface area contributed by atoms with Crippen LogP contribution >= 0.6 is 24.8 Å². The van der Waals surface area contributed by atoms with Crippen LogP contribution in [0.2, 0.25) is 0 Å². The minimum absolute atomic E-state index is 0. The molecule has 0 aromatic carbocycles. The number of rotatable bonds is 5. The second-order valence-corrected chi connectivity index (χ2v) is 6.87. The normalized spacial score (nSPS) is 19.9. The van der Waals surface area contributed by atoms with Gasteiger partial charge in [0.1, 0.15) is 11.6 Å². The molecule has 27 heavy (non-hydrogen) atoms. The van der Waals surface area contributed by atoms with Crippen LogP contribution < -0.4 is 10.6 Å². The molecule has 0 radical (unpaired) electrons. The molecular weight excluding hydrogens is 389 g/mol. The smallest absolute Gasteiger partial charge is 0.222 e. The highest BCUT2D eigenvalue weighted by atomic mass is 35.5. The lowest BCUT2D eigenvalue weighted by Crippen LogP contribution is -2.40. The van der Waals surface area contributed by atoms with E-state index in [4.69, 9.17) is 10.5 Å². The second-order valence-electron chi connectivity index (χ2n) is 6.87. The third kappa shape index (κ3) is 6.45. The largest absolute Gasteiger partial charge is 0.378 e. The molecule has 0 bridgehead atoms. The molecule has 9 heteroatoms. The van der Waals surface area contributed by atoms with Gasteiger partial charge in [0.15, 0.2) is 0 Å². The van der Waals surface area contributed by atoms with Gasteiger partial charge >= 0.3 is 0 Å². The summed E-state index contributed by atoms with van der Waals surface area (Å²) < 4.78 is 5.43. The molecule has 154 valence electrons. The molecule has 1 unspecified atom stereocenters. The van der Waals surface area contributed by atoms with Gasteiger partial charge in [-0.15, -0.1) is 24.8 Å². The number of nitrogens with two attached hydrogens (primary N) is 1. The SMILES string of the molecule is Cc1nc(C2CCCN(C(=O)CCCN)C2)cc(N2CCOCC2)n1.Cl.Cl. The van der Waals surface area contributed by atoms with Crippen LogP contribution in [-0.4, -0.2) is 66.7 Å². The third-order valence-electron chi connectivity index (χ3n) is 4.97. The number of hydrogen-bond donors (Lipinski definition) is 1. The summed E-state index contributed by atoms with van der Waals surface area (Å²) >= 11 is 0. The van der Waals surface area contributed by atoms with E-state index in [2.05, 4.69) is 20.9 Å². The van der Waals surface area contributed by atoms with Crippen LogP contribution in [0, 0.1) is 6.92 Å². The van der Waals surface area contributed by atoms with Crippen molar-refractivity contribution < 1.29 is 9.53 Å². The number of morpholine rings is 1. The molecule has 1 amide bonds. The number of aromatic nitrogens is 2. The maximum absolute atomic E-state index is 12.3. The lowest BCUT2D eigenvalue weighted by atomic mass is 9.94. The summed E-state index contributed by atoms with van der Waals surface area (Å²) in [5.74, 6) is 2.29. The Bertz CT molecular complexity index is 599. The minimum Gasteiger partial charge on any atom is -0.378 e. The number of carbonyl (C=O) groups excluding carboxylic acids is 1. The summed E-state index contributed by atoms with van der Waals surface area (Å²) in [5, 5.41) is 0. The van der Waals surface area contributed by atoms with E-state index >= 15 is 0 Å². The van der Waals surface area contributed by atoms with Crippen LogP contribution in [0.1, 0.15) is 43.1 Å². The first kappa shape index (κ1) is 23.9. The Hall–Kier alpha value is -1.15. The highest BCUT2D eigenvalue weighted by molar-refractivity contribution is 5.85. The van der Waals surface area contributed by atoms with Gasteiger partial charge in [-0.3, -0.25) is 4.79 Å². The summed E-state index contributed by atoms with van der Waals surface area (Å²) in [6, 6.07) is 2.11. The lowest BCUT2D eigenvalue weighted by molar-refractivity contribution is -0.132. The highest BCUT2D eigenvalue weighted by Gasteiger charge is 2.26. The second kappa shape index (κ2) is 11.6. The Morgan fingerprint density at radius 2 is 2.00 bits per heavy atom. The number of ether oxygens (including phenoxy) is 1. The van der Waals surface area contributed by atoms with E-state index in [0.717, 1.165) is 76.0 Å². The number of amides is 1. The van der Waals surface area contributed by atoms with E-state index in [-0.39, 0.29) is 36.6 Å². The molecule has 1 aromatic heterocycles. The van der Waals surface area contributed by atoms with Crippen molar-refractivity contribution in [2.75, 3.05) is 50.8 Å². The van der Waals surface area contributed by atoms with Crippen LogP contribution in [0.3, 0.4) is 0 Å². The van der Waals surface area contributed by atoms with Gasteiger partial charge in [-0.25, -0.2) is 9.97 Å². The lowest BCUT2D eigenvalue weighted by Gasteiger charge is -2.33. The maximum atomic E-state index is 12.3. The Morgan fingerprint density at radius 1 is 1.26 bits per heavy atom. The molecule has 0 spiro atoms. The quantitative estimate of drug-likeness (QED) is 0.784. The first-order chi connectivity index (χ1) is 12.2. The van der Waals surface area contributed by atoms with E-state index in [1.54, 1.807) is 0 Å². The summed E-state index contributed by atoms with van der Waals surface area (Å²) in [7, 11) is 0. The molecule has 3 heterocycles. The topological polar surface area (TPSA) is 84.6 Å². The fourth-order valence-corrected chi connectivity index (χ4v) is 3.59. The summed E-state index contributed by atoms with van der Waals surface area (Å²) in [6.45, 7) is 7.32. The van der Waals surface area contributed by atoms with Crippen molar-refractivity contribution in [3.63, 3.8) is 0 Å². The summed E-state index contributed by atoms with van der Waals surface area (Å²) in [5.41, 5.74) is 6.59. The zero-order valence-electron chi connectivity index (χ0n) is 15.9. The zero-order chi connectivity index (χ0) is 17.6. The van der Waals surface area contributed by atoms with Crippen molar-refractivity contribution in [1.82, 2.24) is 14.9 Å². The van der Waals surface area contributed by atoms with Gasteiger partial charge in [0, 0.05) is 44.6 Å². The molecule has 2 N–H and O–H groups in total. The Morgan fingerprint density at radius 3 is 2.70 bits per heavy atom. The number of anilines is 1. The molecular formula is C18H31Cl2N5O2. The van der Waals surface area contributed by atoms with E-state index in [1.165, 1.54) is 0 Å². The van der Waals surface area contributed by atoms with E-state index in [0.29, 0.717) is 13.0 Å². The molecule has 2 aliphatic rings. The molecule has 7 nitrogen and oxygen atoms in total. The third-order valence-corrected chi connectivity index (χ3v) is 4.97. The van der Waals surface area contributed by atoms with Gasteiger partial charge in [-0.1, -0.05) is 0 Å². The maximum Gasteiger partial charge on any atom is 0.222 e. The number of carbonyl (C=O) groups is 1. The summed E-state index contributed by atoms with van der Waals surface area (Å²) in [4.78, 5) is 25.9. The predicted molar refractivity (Wildman–Crippen MR) is 111 cm³/mol.